The fourth-order valence-electron chi connectivity index (χ4n) is 3.52. The van der Waals surface area contributed by atoms with Crippen LogP contribution in [-0.2, 0) is 20.9 Å². The van der Waals surface area contributed by atoms with E-state index >= 15 is 0 Å². The van der Waals surface area contributed by atoms with Crippen molar-refractivity contribution in [2.24, 2.45) is 0 Å². The summed E-state index contributed by atoms with van der Waals surface area (Å²) in [6.07, 6.45) is 0.720. The number of rotatable bonds is 4. The number of hydrogen-bond donors (Lipinski definition) is 0. The summed E-state index contributed by atoms with van der Waals surface area (Å²) in [5.41, 5.74) is 1.55. The van der Waals surface area contributed by atoms with Gasteiger partial charge in [-0.1, -0.05) is 42.1 Å². The number of para-hydroxylation sites is 1. The number of fused-ring (bicyclic) bond motifs is 3. The van der Waals surface area contributed by atoms with Crippen molar-refractivity contribution in [3.05, 3.63) is 60.5 Å². The van der Waals surface area contributed by atoms with Crippen molar-refractivity contribution in [1.82, 2.24) is 10.2 Å². The van der Waals surface area contributed by atoms with Gasteiger partial charge in [0, 0.05) is 23.3 Å². The Morgan fingerprint density at radius 2 is 1.93 bits per heavy atom. The van der Waals surface area contributed by atoms with Crippen LogP contribution in [-0.4, -0.2) is 26.9 Å². The predicted molar refractivity (Wildman–Crippen MR) is 101 cm³/mol. The van der Waals surface area contributed by atoms with Crippen LogP contribution < -0.4 is 4.90 Å². The zero-order valence-electron chi connectivity index (χ0n) is 14.7. The second-order valence-electron chi connectivity index (χ2n) is 6.53. The molecule has 140 valence electrons. The molecule has 0 spiro atoms. The number of esters is 1. The maximum Gasteiger partial charge on any atom is 0.344 e. The Balaban J connectivity index is 1.34. The number of carbonyl (C=O) groups excluding carboxylic acids is 2. The molecule has 8 heteroatoms. The number of anilines is 1. The lowest BCUT2D eigenvalue weighted by molar-refractivity contribution is -0.148. The van der Waals surface area contributed by atoms with E-state index in [-0.39, 0.29) is 18.4 Å². The summed E-state index contributed by atoms with van der Waals surface area (Å²) in [7, 11) is 0. The Morgan fingerprint density at radius 3 is 2.79 bits per heavy atom. The van der Waals surface area contributed by atoms with Crippen LogP contribution in [0.25, 0.3) is 11.5 Å². The Kier molecular flexibility index (Phi) is 3.94. The first-order valence-corrected chi connectivity index (χ1v) is 9.65. The summed E-state index contributed by atoms with van der Waals surface area (Å²) in [5.74, 6) is 0.0303. The molecule has 0 saturated carbocycles. The highest BCUT2D eigenvalue weighted by Gasteiger charge is 2.58. The average Bonchev–Trinajstić information content (AvgIpc) is 3.41. The highest BCUT2D eigenvalue weighted by atomic mass is 32.2. The van der Waals surface area contributed by atoms with Gasteiger partial charge in [0.2, 0.25) is 11.8 Å². The lowest BCUT2D eigenvalue weighted by atomic mass is 10.2. The van der Waals surface area contributed by atoms with Gasteiger partial charge >= 0.3 is 5.97 Å². The van der Waals surface area contributed by atoms with E-state index in [0.717, 1.165) is 16.1 Å². The molecule has 0 aliphatic carbocycles. The zero-order chi connectivity index (χ0) is 19.1. The van der Waals surface area contributed by atoms with Crippen molar-refractivity contribution in [3.63, 3.8) is 0 Å². The number of thioether (sulfide) groups is 1. The second kappa shape index (κ2) is 6.49. The van der Waals surface area contributed by atoms with E-state index in [0.29, 0.717) is 18.7 Å². The number of nitrogens with zero attached hydrogens (tertiary/aromatic N) is 3. The van der Waals surface area contributed by atoms with Crippen LogP contribution in [0.5, 0.6) is 0 Å². The van der Waals surface area contributed by atoms with Crippen molar-refractivity contribution in [2.75, 3.05) is 4.90 Å². The number of ether oxygens (including phenoxy) is 1. The topological polar surface area (TPSA) is 85.5 Å². The molecule has 0 N–H and O–H groups in total. The molecule has 1 aromatic heterocycles. The molecular weight excluding hydrogens is 378 g/mol. The maximum absolute atomic E-state index is 13.0. The highest BCUT2D eigenvalue weighted by molar-refractivity contribution is 8.02. The molecule has 7 nitrogen and oxygen atoms in total. The van der Waals surface area contributed by atoms with E-state index in [1.807, 2.05) is 54.6 Å². The molecule has 2 aromatic carbocycles. The first-order valence-electron chi connectivity index (χ1n) is 8.83. The first-order chi connectivity index (χ1) is 13.7. The minimum atomic E-state index is -1.05. The van der Waals surface area contributed by atoms with Gasteiger partial charge in [-0.3, -0.25) is 9.69 Å². The van der Waals surface area contributed by atoms with Crippen LogP contribution in [0.3, 0.4) is 0 Å². The first kappa shape index (κ1) is 17.0. The molecule has 1 saturated heterocycles. The Labute approximate surface area is 164 Å². The normalized spacial score (nSPS) is 20.1. The lowest BCUT2D eigenvalue weighted by Crippen LogP contribution is -2.47. The largest absolute Gasteiger partial charge is 0.453 e. The molecule has 1 atom stereocenters. The van der Waals surface area contributed by atoms with Gasteiger partial charge in [0.25, 0.3) is 5.89 Å². The third-order valence-corrected chi connectivity index (χ3v) is 6.26. The molecule has 3 aromatic rings. The molecule has 3 heterocycles. The Hall–Kier alpha value is -3.13. The molecule has 0 radical (unpaired) electrons. The van der Waals surface area contributed by atoms with Crippen LogP contribution >= 0.6 is 11.8 Å². The van der Waals surface area contributed by atoms with Crippen molar-refractivity contribution in [3.8, 4) is 11.5 Å². The van der Waals surface area contributed by atoms with Gasteiger partial charge in [0.1, 0.15) is 0 Å². The second-order valence-corrected chi connectivity index (χ2v) is 7.85. The van der Waals surface area contributed by atoms with E-state index in [9.17, 15) is 9.59 Å². The predicted octanol–water partition coefficient (Wildman–Crippen LogP) is 3.41. The molecule has 1 amide bonds. The third-order valence-electron chi connectivity index (χ3n) is 4.81. The van der Waals surface area contributed by atoms with Gasteiger partial charge in [-0.05, 0) is 24.3 Å². The summed E-state index contributed by atoms with van der Waals surface area (Å²) in [5, 5.41) is 7.94. The molecule has 2 aliphatic heterocycles. The fourth-order valence-corrected chi connectivity index (χ4v) is 4.93. The van der Waals surface area contributed by atoms with Crippen LogP contribution in [0.2, 0.25) is 0 Å². The fraction of sp³-hybridized carbons (Fsp3) is 0.200. The van der Waals surface area contributed by atoms with E-state index < -0.39 is 10.8 Å². The number of hydrogen-bond acceptors (Lipinski definition) is 7. The standard InChI is InChI=1S/C20H15N3O4S/c24-17-10-11-20(23(17)14-8-4-5-9-15(14)28-20)19(25)26-12-16-21-22-18(27-16)13-6-2-1-3-7-13/h1-9H,10-12H2/t20-/m0/s1. The number of carbonyl (C=O) groups is 2. The molecule has 2 aliphatic rings. The zero-order valence-corrected chi connectivity index (χ0v) is 15.5. The van der Waals surface area contributed by atoms with E-state index in [1.54, 1.807) is 4.90 Å². The molecule has 0 unspecified atom stereocenters. The smallest absolute Gasteiger partial charge is 0.344 e. The van der Waals surface area contributed by atoms with Gasteiger partial charge in [-0.15, -0.1) is 10.2 Å². The van der Waals surface area contributed by atoms with Gasteiger partial charge in [-0.25, -0.2) is 4.79 Å². The minimum Gasteiger partial charge on any atom is -0.453 e. The van der Waals surface area contributed by atoms with Crippen LogP contribution in [0.1, 0.15) is 18.7 Å². The number of aromatic nitrogens is 2. The van der Waals surface area contributed by atoms with Crippen LogP contribution in [0, 0.1) is 0 Å². The third kappa shape index (κ3) is 2.60. The van der Waals surface area contributed by atoms with Gasteiger partial charge < -0.3 is 9.15 Å². The molecule has 5 rings (SSSR count). The highest BCUT2D eigenvalue weighted by Crippen LogP contribution is 2.56. The number of benzene rings is 2. The summed E-state index contributed by atoms with van der Waals surface area (Å²) in [4.78, 5) is 26.8. The molecule has 0 bridgehead atoms. The Bertz CT molecular complexity index is 1070. The average molecular weight is 393 g/mol. The van der Waals surface area contributed by atoms with Crippen molar-refractivity contribution < 1.29 is 18.7 Å². The quantitative estimate of drug-likeness (QED) is 0.628. The van der Waals surface area contributed by atoms with Gasteiger partial charge in [0.05, 0.1) is 5.69 Å². The van der Waals surface area contributed by atoms with E-state index in [1.165, 1.54) is 11.8 Å². The van der Waals surface area contributed by atoms with Crippen molar-refractivity contribution >= 4 is 29.3 Å². The van der Waals surface area contributed by atoms with E-state index in [2.05, 4.69) is 10.2 Å². The summed E-state index contributed by atoms with van der Waals surface area (Å²) >= 11 is 1.37. The Morgan fingerprint density at radius 1 is 1.14 bits per heavy atom. The lowest BCUT2D eigenvalue weighted by Gasteiger charge is -2.28. The maximum atomic E-state index is 13.0. The van der Waals surface area contributed by atoms with Gasteiger partial charge in [-0.2, -0.15) is 0 Å². The van der Waals surface area contributed by atoms with Crippen molar-refractivity contribution in [2.45, 2.75) is 29.2 Å². The summed E-state index contributed by atoms with van der Waals surface area (Å²) < 4.78 is 11.1. The summed E-state index contributed by atoms with van der Waals surface area (Å²) in [6.45, 7) is -0.140. The SMILES string of the molecule is O=C1CC[C@@]2(C(=O)OCc3nnc(-c4ccccc4)o3)Sc3ccccc3N12. The minimum absolute atomic E-state index is 0.0708. The van der Waals surface area contributed by atoms with E-state index in [4.69, 9.17) is 9.15 Å². The molecule has 28 heavy (non-hydrogen) atoms. The molecule has 1 fully saturated rings. The summed E-state index contributed by atoms with van der Waals surface area (Å²) in [6, 6.07) is 16.9. The van der Waals surface area contributed by atoms with Crippen LogP contribution in [0.4, 0.5) is 5.69 Å². The number of amides is 1. The van der Waals surface area contributed by atoms with Crippen molar-refractivity contribution in [1.29, 1.82) is 0 Å². The monoisotopic (exact) mass is 393 g/mol. The van der Waals surface area contributed by atoms with Gasteiger partial charge in [0.15, 0.2) is 11.5 Å². The molecular formula is C20H15N3O4S. The van der Waals surface area contributed by atoms with Crippen LogP contribution in [0.15, 0.2) is 63.9 Å².